The molecule has 2 aromatic carbocycles. The third-order valence-electron chi connectivity index (χ3n) is 4.02. The zero-order valence-electron chi connectivity index (χ0n) is 13.1. The van der Waals surface area contributed by atoms with Gasteiger partial charge in [-0.05, 0) is 36.8 Å². The summed E-state index contributed by atoms with van der Waals surface area (Å²) in [6.45, 7) is 1.85. The largest absolute Gasteiger partial charge is 0.324 e. The Hall–Kier alpha value is -2.04. The average molecular weight is 363 g/mol. The highest BCUT2D eigenvalue weighted by molar-refractivity contribution is 6.36. The van der Waals surface area contributed by atoms with Crippen LogP contribution in [0.3, 0.4) is 0 Å². The number of rotatable bonds is 2. The maximum atomic E-state index is 13.0. The number of benzene rings is 2. The first-order chi connectivity index (χ1) is 11.5. The van der Waals surface area contributed by atoms with Crippen molar-refractivity contribution >= 4 is 46.4 Å². The maximum absolute atomic E-state index is 13.0. The molecule has 1 aliphatic rings. The van der Waals surface area contributed by atoms with Crippen LogP contribution in [0.1, 0.15) is 18.9 Å². The summed E-state index contributed by atoms with van der Waals surface area (Å²) >= 11 is 12.4. The third kappa shape index (κ3) is 3.25. The van der Waals surface area contributed by atoms with Gasteiger partial charge in [0.25, 0.3) is 0 Å². The van der Waals surface area contributed by atoms with E-state index in [0.717, 1.165) is 0 Å². The first-order valence-corrected chi connectivity index (χ1v) is 8.37. The van der Waals surface area contributed by atoms with E-state index < -0.39 is 0 Å². The number of halogens is 2. The van der Waals surface area contributed by atoms with Crippen LogP contribution < -0.4 is 10.2 Å². The lowest BCUT2D eigenvalue weighted by Gasteiger charge is -2.28. The molecular weight excluding hydrogens is 347 g/mol. The molecule has 0 aromatic heterocycles. The van der Waals surface area contributed by atoms with Crippen molar-refractivity contribution < 1.29 is 9.59 Å². The van der Waals surface area contributed by atoms with E-state index in [2.05, 4.69) is 5.32 Å². The summed E-state index contributed by atoms with van der Waals surface area (Å²) in [5, 5.41) is 3.76. The summed E-state index contributed by atoms with van der Waals surface area (Å²) in [5.74, 6) is -0.262. The lowest BCUT2D eigenvalue weighted by atomic mass is 10.1. The van der Waals surface area contributed by atoms with Crippen LogP contribution in [0.5, 0.6) is 0 Å². The van der Waals surface area contributed by atoms with Crippen LogP contribution in [0.4, 0.5) is 11.4 Å². The number of amides is 2. The quantitative estimate of drug-likeness (QED) is 0.865. The lowest BCUT2D eigenvalue weighted by molar-refractivity contribution is -0.118. The average Bonchev–Trinajstić information content (AvgIpc) is 2.65. The number of hydrogen-bond donors (Lipinski definition) is 1. The first-order valence-electron chi connectivity index (χ1n) is 7.61. The van der Waals surface area contributed by atoms with E-state index in [9.17, 15) is 9.59 Å². The van der Waals surface area contributed by atoms with Crippen LogP contribution >= 0.6 is 23.2 Å². The number of fused-ring (bicyclic) bond motifs is 1. The third-order valence-corrected chi connectivity index (χ3v) is 4.73. The molecule has 1 unspecified atom stereocenters. The number of hydrogen-bond acceptors (Lipinski definition) is 2. The van der Waals surface area contributed by atoms with Crippen LogP contribution in [0, 0.1) is 0 Å². The van der Waals surface area contributed by atoms with Gasteiger partial charge in [-0.1, -0.05) is 41.4 Å². The van der Waals surface area contributed by atoms with E-state index in [0.29, 0.717) is 27.0 Å². The Morgan fingerprint density at radius 3 is 2.54 bits per heavy atom. The molecule has 124 valence electrons. The Morgan fingerprint density at radius 1 is 1.17 bits per heavy atom. The van der Waals surface area contributed by atoms with E-state index >= 15 is 0 Å². The minimum atomic E-state index is -0.262. The molecule has 0 radical (unpaired) electrons. The molecule has 1 aliphatic heterocycles. The van der Waals surface area contributed by atoms with Crippen molar-refractivity contribution in [2.75, 3.05) is 10.2 Å². The molecule has 0 aliphatic carbocycles. The van der Waals surface area contributed by atoms with Gasteiger partial charge in [-0.25, -0.2) is 0 Å². The van der Waals surface area contributed by atoms with E-state index in [1.165, 1.54) is 0 Å². The van der Waals surface area contributed by atoms with Crippen LogP contribution in [0.15, 0.2) is 42.5 Å². The number of nitrogens with one attached hydrogen (secondary N) is 1. The fraction of sp³-hybridized carbons (Fsp3) is 0.222. The molecule has 6 heteroatoms. The highest BCUT2D eigenvalue weighted by atomic mass is 35.5. The molecule has 2 amide bonds. The van der Waals surface area contributed by atoms with Crippen LogP contribution in [0.2, 0.25) is 10.0 Å². The SMILES string of the molecule is CC1CC(=O)Nc2ccccc2N1C(=O)Cc1c(Cl)cccc1Cl. The second-order valence-electron chi connectivity index (χ2n) is 5.76. The normalized spacial score (nSPS) is 17.0. The molecule has 0 fully saturated rings. The fourth-order valence-electron chi connectivity index (χ4n) is 2.91. The second kappa shape index (κ2) is 6.83. The maximum Gasteiger partial charge on any atom is 0.231 e. The van der Waals surface area contributed by atoms with E-state index in [4.69, 9.17) is 23.2 Å². The van der Waals surface area contributed by atoms with Crippen molar-refractivity contribution in [3.8, 4) is 0 Å². The van der Waals surface area contributed by atoms with Gasteiger partial charge in [0.05, 0.1) is 17.8 Å². The molecule has 1 atom stereocenters. The van der Waals surface area contributed by atoms with Crippen molar-refractivity contribution in [2.24, 2.45) is 0 Å². The van der Waals surface area contributed by atoms with Gasteiger partial charge in [-0.15, -0.1) is 0 Å². The Morgan fingerprint density at radius 2 is 1.83 bits per heavy atom. The zero-order valence-corrected chi connectivity index (χ0v) is 14.6. The van der Waals surface area contributed by atoms with Gasteiger partial charge >= 0.3 is 0 Å². The summed E-state index contributed by atoms with van der Waals surface area (Å²) in [6, 6.07) is 12.2. The van der Waals surface area contributed by atoms with Gasteiger partial charge in [-0.3, -0.25) is 9.59 Å². The number of para-hydroxylation sites is 2. The topological polar surface area (TPSA) is 49.4 Å². The number of carbonyl (C=O) groups is 2. The van der Waals surface area contributed by atoms with Crippen molar-refractivity contribution in [1.29, 1.82) is 0 Å². The van der Waals surface area contributed by atoms with Gasteiger partial charge < -0.3 is 10.2 Å². The van der Waals surface area contributed by atoms with Crippen LogP contribution in [-0.4, -0.2) is 17.9 Å². The van der Waals surface area contributed by atoms with E-state index in [-0.39, 0.29) is 30.7 Å². The smallest absolute Gasteiger partial charge is 0.231 e. The van der Waals surface area contributed by atoms with Crippen LogP contribution in [0.25, 0.3) is 0 Å². The molecule has 3 rings (SSSR count). The molecule has 0 spiro atoms. The highest BCUT2D eigenvalue weighted by Crippen LogP contribution is 2.33. The van der Waals surface area contributed by atoms with Gasteiger partial charge in [0.15, 0.2) is 0 Å². The van der Waals surface area contributed by atoms with Gasteiger partial charge in [0.2, 0.25) is 11.8 Å². The van der Waals surface area contributed by atoms with Gasteiger partial charge in [0, 0.05) is 22.5 Å². The molecule has 0 saturated heterocycles. The molecule has 0 bridgehead atoms. The molecule has 4 nitrogen and oxygen atoms in total. The number of anilines is 2. The summed E-state index contributed by atoms with van der Waals surface area (Å²) < 4.78 is 0. The second-order valence-corrected chi connectivity index (χ2v) is 6.57. The molecule has 0 saturated carbocycles. The van der Waals surface area contributed by atoms with E-state index in [1.54, 1.807) is 29.2 Å². The molecule has 1 heterocycles. The standard InChI is InChI=1S/C18H16Cl2N2O2/c1-11-9-17(23)21-15-7-2-3-8-16(15)22(11)18(24)10-12-13(19)5-4-6-14(12)20/h2-8,11H,9-10H2,1H3,(H,21,23). The minimum absolute atomic E-state index is 0.0748. The Kier molecular flexibility index (Phi) is 4.78. The van der Waals surface area contributed by atoms with Crippen LogP contribution in [-0.2, 0) is 16.0 Å². The predicted molar refractivity (Wildman–Crippen MR) is 96.8 cm³/mol. The Balaban J connectivity index is 1.98. The van der Waals surface area contributed by atoms with Crippen molar-refractivity contribution in [3.63, 3.8) is 0 Å². The summed E-state index contributed by atoms with van der Waals surface area (Å²) in [4.78, 5) is 26.6. The molecule has 1 N–H and O–H groups in total. The summed E-state index contributed by atoms with van der Waals surface area (Å²) in [6.07, 6.45) is 0.308. The predicted octanol–water partition coefficient (Wildman–Crippen LogP) is 4.30. The van der Waals surface area contributed by atoms with Crippen molar-refractivity contribution in [1.82, 2.24) is 0 Å². The van der Waals surface area contributed by atoms with Gasteiger partial charge in [0.1, 0.15) is 0 Å². The number of carbonyl (C=O) groups excluding carboxylic acids is 2. The lowest BCUT2D eigenvalue weighted by Crippen LogP contribution is -2.40. The van der Waals surface area contributed by atoms with Gasteiger partial charge in [-0.2, -0.15) is 0 Å². The van der Waals surface area contributed by atoms with Crippen molar-refractivity contribution in [3.05, 3.63) is 58.1 Å². The molecule has 24 heavy (non-hydrogen) atoms. The van der Waals surface area contributed by atoms with Crippen molar-refractivity contribution in [2.45, 2.75) is 25.8 Å². The summed E-state index contributed by atoms with van der Waals surface area (Å²) in [7, 11) is 0. The monoisotopic (exact) mass is 362 g/mol. The Labute approximate surface area is 150 Å². The molecular formula is C18H16Cl2N2O2. The summed E-state index contributed by atoms with van der Waals surface area (Å²) in [5.41, 5.74) is 1.91. The zero-order chi connectivity index (χ0) is 17.3. The first kappa shape index (κ1) is 16.8. The minimum Gasteiger partial charge on any atom is -0.324 e. The highest BCUT2D eigenvalue weighted by Gasteiger charge is 2.30. The Bertz CT molecular complexity index is 787. The molecule has 2 aromatic rings. The van der Waals surface area contributed by atoms with E-state index in [1.807, 2.05) is 25.1 Å². The fourth-order valence-corrected chi connectivity index (χ4v) is 3.44. The number of nitrogens with zero attached hydrogens (tertiary/aromatic N) is 1.